The van der Waals surface area contributed by atoms with Crippen molar-refractivity contribution in [2.75, 3.05) is 0 Å². The summed E-state index contributed by atoms with van der Waals surface area (Å²) < 4.78 is 44.9. The highest BCUT2D eigenvalue weighted by Crippen LogP contribution is 2.18. The van der Waals surface area contributed by atoms with Crippen molar-refractivity contribution >= 4 is 27.5 Å². The zero-order valence-electron chi connectivity index (χ0n) is 14.0. The second-order valence-corrected chi connectivity index (χ2v) is 8.19. The molecule has 1 amide bonds. The van der Waals surface area contributed by atoms with Crippen molar-refractivity contribution in [2.24, 2.45) is 5.92 Å². The molecule has 0 saturated heterocycles. The average Bonchev–Trinajstić information content (AvgIpc) is 2.82. The monoisotopic (exact) mass is 388 g/mol. The molecule has 2 rings (SSSR count). The Kier molecular flexibility index (Phi) is 5.84. The summed E-state index contributed by atoms with van der Waals surface area (Å²) in [7, 11) is -4.04. The lowest BCUT2D eigenvalue weighted by Crippen LogP contribution is -2.31. The third-order valence-corrected chi connectivity index (χ3v) is 4.74. The molecule has 0 fully saturated rings. The lowest BCUT2D eigenvalue weighted by atomic mass is 10.1. The lowest BCUT2D eigenvalue weighted by Gasteiger charge is -2.06. The van der Waals surface area contributed by atoms with E-state index in [2.05, 4.69) is 4.98 Å². The molecule has 0 bridgehead atoms. The standard InChI is InChI=1S/C16H18ClFN2O4S/c1-9(2)6-14-19-10(3)15(24-14)16(21)20-25(22,23)8-11-4-5-12(17)13(18)7-11/h4-5,7,9H,6,8H2,1-3H3,(H,20,21). The molecule has 0 spiro atoms. The summed E-state index contributed by atoms with van der Waals surface area (Å²) in [5, 5.41) is -0.111. The van der Waals surface area contributed by atoms with Crippen LogP contribution in [0, 0.1) is 18.7 Å². The first-order valence-corrected chi connectivity index (χ1v) is 9.55. The molecular formula is C16H18ClFN2O4S. The van der Waals surface area contributed by atoms with Gasteiger partial charge in [0.25, 0.3) is 0 Å². The van der Waals surface area contributed by atoms with Gasteiger partial charge in [0.15, 0.2) is 5.89 Å². The number of halogens is 2. The molecule has 2 aromatic rings. The Bertz CT molecular complexity index is 894. The molecule has 0 radical (unpaired) electrons. The van der Waals surface area contributed by atoms with Gasteiger partial charge in [-0.25, -0.2) is 22.5 Å². The number of rotatable bonds is 6. The minimum absolute atomic E-state index is 0.111. The normalized spacial score (nSPS) is 11.8. The van der Waals surface area contributed by atoms with Gasteiger partial charge in [-0.15, -0.1) is 0 Å². The van der Waals surface area contributed by atoms with Crippen molar-refractivity contribution in [3.63, 3.8) is 0 Å². The van der Waals surface area contributed by atoms with Gasteiger partial charge in [0, 0.05) is 6.42 Å². The Hall–Kier alpha value is -1.93. The fourth-order valence-electron chi connectivity index (χ4n) is 2.17. The van der Waals surface area contributed by atoms with Crippen LogP contribution in [0.4, 0.5) is 4.39 Å². The maximum Gasteiger partial charge on any atom is 0.302 e. The molecular weight excluding hydrogens is 371 g/mol. The summed E-state index contributed by atoms with van der Waals surface area (Å²) in [6, 6.07) is 3.63. The Morgan fingerprint density at radius 3 is 2.68 bits per heavy atom. The van der Waals surface area contributed by atoms with E-state index in [1.165, 1.54) is 12.1 Å². The Morgan fingerprint density at radius 2 is 2.08 bits per heavy atom. The number of hydrogen-bond acceptors (Lipinski definition) is 5. The average molecular weight is 389 g/mol. The Labute approximate surface area is 150 Å². The smallest absolute Gasteiger partial charge is 0.302 e. The molecule has 0 aliphatic rings. The highest BCUT2D eigenvalue weighted by atomic mass is 35.5. The van der Waals surface area contributed by atoms with Gasteiger partial charge in [0.1, 0.15) is 5.82 Å². The molecule has 136 valence electrons. The van der Waals surface area contributed by atoms with Gasteiger partial charge in [0.2, 0.25) is 15.8 Å². The van der Waals surface area contributed by atoms with Crippen LogP contribution in [0.1, 0.15) is 41.6 Å². The number of aryl methyl sites for hydroxylation is 1. The van der Waals surface area contributed by atoms with Crippen LogP contribution >= 0.6 is 11.6 Å². The number of nitrogens with zero attached hydrogens (tertiary/aromatic N) is 1. The predicted molar refractivity (Wildman–Crippen MR) is 91.3 cm³/mol. The number of benzene rings is 1. The number of carbonyl (C=O) groups is 1. The van der Waals surface area contributed by atoms with Crippen molar-refractivity contribution < 1.29 is 22.0 Å². The van der Waals surface area contributed by atoms with Crippen LogP contribution in [-0.2, 0) is 22.2 Å². The molecule has 0 saturated carbocycles. The molecule has 25 heavy (non-hydrogen) atoms. The SMILES string of the molecule is Cc1nc(CC(C)C)oc1C(=O)NS(=O)(=O)Cc1ccc(Cl)c(F)c1. The van der Waals surface area contributed by atoms with Crippen LogP contribution in [0.3, 0.4) is 0 Å². The quantitative estimate of drug-likeness (QED) is 0.820. The van der Waals surface area contributed by atoms with Crippen LogP contribution in [0.15, 0.2) is 22.6 Å². The number of amides is 1. The van der Waals surface area contributed by atoms with Crippen LogP contribution in [0.2, 0.25) is 5.02 Å². The molecule has 1 aromatic carbocycles. The number of sulfonamides is 1. The van der Waals surface area contributed by atoms with Gasteiger partial charge < -0.3 is 4.42 Å². The number of oxazole rings is 1. The topological polar surface area (TPSA) is 89.3 Å². The summed E-state index contributed by atoms with van der Waals surface area (Å²) in [6.45, 7) is 5.49. The van der Waals surface area contributed by atoms with E-state index in [4.69, 9.17) is 16.0 Å². The van der Waals surface area contributed by atoms with Crippen molar-refractivity contribution in [1.29, 1.82) is 0 Å². The number of carbonyl (C=O) groups excluding carboxylic acids is 1. The number of aromatic nitrogens is 1. The molecule has 0 atom stereocenters. The van der Waals surface area contributed by atoms with E-state index < -0.39 is 27.5 Å². The molecule has 6 nitrogen and oxygen atoms in total. The summed E-state index contributed by atoms with van der Waals surface area (Å²) in [6.07, 6.45) is 0.533. The summed E-state index contributed by atoms with van der Waals surface area (Å²) in [5.41, 5.74) is 0.470. The van der Waals surface area contributed by atoms with Crippen LogP contribution in [0.5, 0.6) is 0 Å². The van der Waals surface area contributed by atoms with Gasteiger partial charge in [-0.2, -0.15) is 0 Å². The second-order valence-electron chi connectivity index (χ2n) is 6.06. The highest BCUT2D eigenvalue weighted by Gasteiger charge is 2.23. The highest BCUT2D eigenvalue weighted by molar-refractivity contribution is 7.89. The number of hydrogen-bond donors (Lipinski definition) is 1. The number of nitrogens with one attached hydrogen (secondary N) is 1. The van der Waals surface area contributed by atoms with Gasteiger partial charge in [0.05, 0.1) is 16.5 Å². The zero-order chi connectivity index (χ0) is 18.8. The summed E-state index contributed by atoms with van der Waals surface area (Å²) in [5.74, 6) is -1.72. The van der Waals surface area contributed by atoms with E-state index >= 15 is 0 Å². The first kappa shape index (κ1) is 19.4. The minimum Gasteiger partial charge on any atom is -0.435 e. The van der Waals surface area contributed by atoms with E-state index in [0.29, 0.717) is 18.0 Å². The predicted octanol–water partition coefficient (Wildman–Crippen LogP) is 3.23. The van der Waals surface area contributed by atoms with E-state index in [1.807, 2.05) is 18.6 Å². The largest absolute Gasteiger partial charge is 0.435 e. The second kappa shape index (κ2) is 7.53. The maximum atomic E-state index is 13.4. The molecule has 1 heterocycles. The zero-order valence-corrected chi connectivity index (χ0v) is 15.5. The molecule has 0 aliphatic heterocycles. The first-order valence-electron chi connectivity index (χ1n) is 7.52. The third-order valence-electron chi connectivity index (χ3n) is 3.22. The van der Waals surface area contributed by atoms with Crippen LogP contribution in [-0.4, -0.2) is 19.3 Å². The molecule has 0 aliphatic carbocycles. The van der Waals surface area contributed by atoms with Gasteiger partial charge in [-0.05, 0) is 30.5 Å². The van der Waals surface area contributed by atoms with Crippen molar-refractivity contribution in [3.8, 4) is 0 Å². The Morgan fingerprint density at radius 1 is 1.40 bits per heavy atom. The van der Waals surface area contributed by atoms with Gasteiger partial charge in [-0.3, -0.25) is 4.79 Å². The first-order chi connectivity index (χ1) is 11.6. The molecule has 1 aromatic heterocycles. The maximum absolute atomic E-state index is 13.4. The molecule has 9 heteroatoms. The fourth-order valence-corrected chi connectivity index (χ4v) is 3.36. The third kappa shape index (κ3) is 5.27. The van der Waals surface area contributed by atoms with Crippen LogP contribution in [0.25, 0.3) is 0 Å². The van der Waals surface area contributed by atoms with Crippen molar-refractivity contribution in [2.45, 2.75) is 32.9 Å². The van der Waals surface area contributed by atoms with E-state index in [0.717, 1.165) is 6.07 Å². The van der Waals surface area contributed by atoms with E-state index in [-0.39, 0.29) is 22.3 Å². The van der Waals surface area contributed by atoms with Crippen LogP contribution < -0.4 is 4.72 Å². The summed E-state index contributed by atoms with van der Waals surface area (Å²) in [4.78, 5) is 16.3. The van der Waals surface area contributed by atoms with Crippen molar-refractivity contribution in [3.05, 3.63) is 51.9 Å². The van der Waals surface area contributed by atoms with Crippen molar-refractivity contribution in [1.82, 2.24) is 9.71 Å². The van der Waals surface area contributed by atoms with Gasteiger partial charge >= 0.3 is 5.91 Å². The Balaban J connectivity index is 2.13. The minimum atomic E-state index is -4.04. The lowest BCUT2D eigenvalue weighted by molar-refractivity contribution is 0.0951. The summed E-state index contributed by atoms with van der Waals surface area (Å²) >= 11 is 5.56. The van der Waals surface area contributed by atoms with Gasteiger partial charge in [-0.1, -0.05) is 31.5 Å². The molecule has 1 N–H and O–H groups in total. The van der Waals surface area contributed by atoms with E-state index in [9.17, 15) is 17.6 Å². The molecule has 0 unspecified atom stereocenters. The van der Waals surface area contributed by atoms with E-state index in [1.54, 1.807) is 6.92 Å². The fraction of sp³-hybridized carbons (Fsp3) is 0.375.